The van der Waals surface area contributed by atoms with Crippen molar-refractivity contribution >= 4 is 17.7 Å². The average Bonchev–Trinajstić information content (AvgIpc) is 3.34. The lowest BCUT2D eigenvalue weighted by Crippen LogP contribution is -2.26. The molecule has 3 heterocycles. The zero-order valence-corrected chi connectivity index (χ0v) is 15.5. The third-order valence-corrected chi connectivity index (χ3v) is 4.38. The van der Waals surface area contributed by atoms with Crippen LogP contribution in [0.4, 0.5) is 14.9 Å². The Labute approximate surface area is 165 Å². The first-order chi connectivity index (χ1) is 14.0. The Morgan fingerprint density at radius 3 is 2.93 bits per heavy atom. The van der Waals surface area contributed by atoms with Crippen LogP contribution < -0.4 is 4.90 Å². The smallest absolute Gasteiger partial charge is 0.414 e. The molecule has 2 aromatic heterocycles. The molecule has 0 bridgehead atoms. The second-order valence-corrected chi connectivity index (χ2v) is 6.44. The molecule has 1 fully saturated rings. The predicted octanol–water partition coefficient (Wildman–Crippen LogP) is 2.96. The minimum atomic E-state index is -0.620. The van der Waals surface area contributed by atoms with Gasteiger partial charge in [0.05, 0.1) is 24.1 Å². The van der Waals surface area contributed by atoms with Crippen molar-refractivity contribution in [3.63, 3.8) is 0 Å². The zero-order chi connectivity index (χ0) is 20.4. The van der Waals surface area contributed by atoms with Crippen molar-refractivity contribution in [2.24, 2.45) is 0 Å². The second kappa shape index (κ2) is 7.70. The fourth-order valence-corrected chi connectivity index (χ4v) is 3.00. The first kappa shape index (κ1) is 18.6. The molecule has 0 N–H and O–H groups in total. The lowest BCUT2D eigenvalue weighted by Gasteiger charge is -2.14. The molecule has 1 aromatic carbocycles. The maximum Gasteiger partial charge on any atom is 0.414 e. The molecule has 0 spiro atoms. The van der Waals surface area contributed by atoms with E-state index < -0.39 is 24.0 Å². The minimum Gasteiger partial charge on any atom is -0.462 e. The van der Waals surface area contributed by atoms with E-state index in [2.05, 4.69) is 10.1 Å². The van der Waals surface area contributed by atoms with Crippen molar-refractivity contribution in [3.05, 3.63) is 60.8 Å². The molecule has 8 nitrogen and oxygen atoms in total. The Kier molecular flexibility index (Phi) is 4.94. The molecule has 148 valence electrons. The van der Waals surface area contributed by atoms with E-state index in [1.165, 1.54) is 28.6 Å². The van der Waals surface area contributed by atoms with E-state index in [1.807, 2.05) is 18.2 Å². The third kappa shape index (κ3) is 3.93. The van der Waals surface area contributed by atoms with Gasteiger partial charge in [-0.15, -0.1) is 0 Å². The number of halogens is 1. The van der Waals surface area contributed by atoms with Crippen molar-refractivity contribution in [1.29, 1.82) is 0 Å². The van der Waals surface area contributed by atoms with Crippen LogP contribution in [0.25, 0.3) is 16.9 Å². The predicted molar refractivity (Wildman–Crippen MR) is 101 cm³/mol. The fourth-order valence-electron chi connectivity index (χ4n) is 3.00. The Hall–Kier alpha value is -3.75. The number of cyclic esters (lactones) is 1. The van der Waals surface area contributed by atoms with Crippen LogP contribution in [0.2, 0.25) is 0 Å². The van der Waals surface area contributed by atoms with E-state index in [0.717, 1.165) is 11.3 Å². The van der Waals surface area contributed by atoms with Gasteiger partial charge in [0, 0.05) is 24.9 Å². The molecule has 1 aliphatic heterocycles. The summed E-state index contributed by atoms with van der Waals surface area (Å²) in [6, 6.07) is 9.90. The van der Waals surface area contributed by atoms with E-state index in [-0.39, 0.29) is 18.8 Å². The van der Waals surface area contributed by atoms with Gasteiger partial charge in [0.1, 0.15) is 12.3 Å². The first-order valence-corrected chi connectivity index (χ1v) is 8.89. The molecule has 1 saturated heterocycles. The summed E-state index contributed by atoms with van der Waals surface area (Å²) >= 11 is 0. The molecule has 1 aliphatic rings. The summed E-state index contributed by atoms with van der Waals surface area (Å²) in [5.41, 5.74) is 2.07. The number of esters is 1. The lowest BCUT2D eigenvalue weighted by atomic mass is 10.2. The van der Waals surface area contributed by atoms with Gasteiger partial charge < -0.3 is 9.47 Å². The van der Waals surface area contributed by atoms with Crippen molar-refractivity contribution in [2.45, 2.75) is 13.0 Å². The molecular weight excluding hydrogens is 379 g/mol. The number of rotatable bonds is 5. The number of anilines is 1. The lowest BCUT2D eigenvalue weighted by molar-refractivity contribution is -0.143. The number of pyridine rings is 1. The zero-order valence-electron chi connectivity index (χ0n) is 15.5. The Balaban J connectivity index is 1.52. The van der Waals surface area contributed by atoms with Gasteiger partial charge >= 0.3 is 12.1 Å². The quantitative estimate of drug-likeness (QED) is 0.617. The Morgan fingerprint density at radius 1 is 1.34 bits per heavy atom. The SMILES string of the molecule is CC(=O)OC[C@H]1CN(c2ccc(-n3cc(-c4ccccn4)cn3)c(F)c2)C(=O)O1. The van der Waals surface area contributed by atoms with Crippen LogP contribution in [0.5, 0.6) is 0 Å². The van der Waals surface area contributed by atoms with Gasteiger partial charge in [-0.3, -0.25) is 14.7 Å². The number of nitrogens with zero attached hydrogens (tertiary/aromatic N) is 4. The minimum absolute atomic E-state index is 0.0400. The maximum atomic E-state index is 14.8. The van der Waals surface area contributed by atoms with Gasteiger partial charge in [0.25, 0.3) is 0 Å². The summed E-state index contributed by atoms with van der Waals surface area (Å²) < 4.78 is 26.2. The van der Waals surface area contributed by atoms with Crippen LogP contribution >= 0.6 is 0 Å². The topological polar surface area (TPSA) is 86.5 Å². The van der Waals surface area contributed by atoms with Gasteiger partial charge in [0.2, 0.25) is 0 Å². The summed E-state index contributed by atoms with van der Waals surface area (Å²) in [6.45, 7) is 1.40. The van der Waals surface area contributed by atoms with Crippen molar-refractivity contribution in [2.75, 3.05) is 18.1 Å². The number of carbonyl (C=O) groups excluding carboxylic acids is 2. The number of ether oxygens (including phenoxy) is 2. The molecule has 3 aromatic rings. The van der Waals surface area contributed by atoms with Gasteiger partial charge in [-0.2, -0.15) is 5.10 Å². The van der Waals surface area contributed by atoms with Crippen molar-refractivity contribution in [1.82, 2.24) is 14.8 Å². The van der Waals surface area contributed by atoms with E-state index in [1.54, 1.807) is 24.7 Å². The molecular formula is C20H17FN4O4. The van der Waals surface area contributed by atoms with Gasteiger partial charge in [-0.05, 0) is 30.3 Å². The number of hydrogen-bond acceptors (Lipinski definition) is 6. The fraction of sp³-hybridized carbons (Fsp3) is 0.200. The maximum absolute atomic E-state index is 14.8. The summed E-state index contributed by atoms with van der Waals surface area (Å²) in [7, 11) is 0. The molecule has 0 saturated carbocycles. The monoisotopic (exact) mass is 396 g/mol. The van der Waals surface area contributed by atoms with Crippen LogP contribution in [-0.2, 0) is 14.3 Å². The van der Waals surface area contributed by atoms with Gasteiger partial charge in [0.15, 0.2) is 11.9 Å². The van der Waals surface area contributed by atoms with Gasteiger partial charge in [-0.1, -0.05) is 6.07 Å². The largest absolute Gasteiger partial charge is 0.462 e. The van der Waals surface area contributed by atoms with Crippen LogP contribution in [-0.4, -0.2) is 46.1 Å². The molecule has 29 heavy (non-hydrogen) atoms. The summed E-state index contributed by atoms with van der Waals surface area (Å²) in [4.78, 5) is 28.5. The summed E-state index contributed by atoms with van der Waals surface area (Å²) in [6.07, 6.45) is 3.74. The summed E-state index contributed by atoms with van der Waals surface area (Å²) in [5, 5.41) is 4.20. The van der Waals surface area contributed by atoms with Crippen molar-refractivity contribution < 1.29 is 23.5 Å². The highest BCUT2D eigenvalue weighted by molar-refractivity contribution is 5.89. The molecule has 4 rings (SSSR count). The normalized spacial score (nSPS) is 16.0. The van der Waals surface area contributed by atoms with Crippen LogP contribution in [0, 0.1) is 5.82 Å². The van der Waals surface area contributed by atoms with Crippen LogP contribution in [0.1, 0.15) is 6.92 Å². The standard InChI is InChI=1S/C20H17FN4O4/c1-13(26)28-12-16-11-24(20(27)29-16)15-5-6-19(17(21)8-15)25-10-14(9-23-25)18-4-2-3-7-22-18/h2-10,16H,11-12H2,1H3/t16-/m1/s1. The molecule has 0 unspecified atom stereocenters. The van der Waals surface area contributed by atoms with Gasteiger partial charge in [-0.25, -0.2) is 13.9 Å². The average molecular weight is 396 g/mol. The number of aromatic nitrogens is 3. The first-order valence-electron chi connectivity index (χ1n) is 8.89. The Bertz CT molecular complexity index is 1050. The van der Waals surface area contributed by atoms with Crippen LogP contribution in [0.3, 0.4) is 0 Å². The molecule has 1 atom stereocenters. The highest BCUT2D eigenvalue weighted by Gasteiger charge is 2.33. The van der Waals surface area contributed by atoms with Crippen LogP contribution in [0.15, 0.2) is 55.0 Å². The van der Waals surface area contributed by atoms with E-state index >= 15 is 0 Å². The molecule has 0 aliphatic carbocycles. The number of benzene rings is 1. The van der Waals surface area contributed by atoms with E-state index in [4.69, 9.17) is 9.47 Å². The molecule has 0 radical (unpaired) electrons. The third-order valence-electron chi connectivity index (χ3n) is 4.38. The summed E-state index contributed by atoms with van der Waals surface area (Å²) in [5.74, 6) is -1.01. The number of hydrogen-bond donors (Lipinski definition) is 0. The number of carbonyl (C=O) groups is 2. The Morgan fingerprint density at radius 2 is 2.21 bits per heavy atom. The van der Waals surface area contributed by atoms with Crippen molar-refractivity contribution in [3.8, 4) is 16.9 Å². The molecule has 1 amide bonds. The highest BCUT2D eigenvalue weighted by Crippen LogP contribution is 2.26. The van der Waals surface area contributed by atoms with E-state index in [9.17, 15) is 14.0 Å². The second-order valence-electron chi connectivity index (χ2n) is 6.44. The molecule has 9 heteroatoms. The number of amides is 1. The highest BCUT2D eigenvalue weighted by atomic mass is 19.1. The van der Waals surface area contributed by atoms with E-state index in [0.29, 0.717) is 5.69 Å².